The molecule has 1 aliphatic heterocycles. The molecule has 0 saturated carbocycles. The Bertz CT molecular complexity index is 584. The first kappa shape index (κ1) is 24.7. The summed E-state index contributed by atoms with van der Waals surface area (Å²) >= 11 is 0. The number of likely N-dealkylation sites (N-methyl/N-ethyl adjacent to an activating group) is 1. The number of hydrogen-bond acceptors (Lipinski definition) is 5. The molecular formula is C19H37N7O3. The van der Waals surface area contributed by atoms with Crippen LogP contribution in [0.15, 0.2) is 0 Å². The van der Waals surface area contributed by atoms with Gasteiger partial charge in [0.15, 0.2) is 5.96 Å². The largest absolute Gasteiger partial charge is 0.370 e. The lowest BCUT2D eigenvalue weighted by Crippen LogP contribution is -2.56. The molecule has 0 aliphatic carbocycles. The lowest BCUT2D eigenvalue weighted by molar-refractivity contribution is -0.141. The Hall–Kier alpha value is -2.36. The summed E-state index contributed by atoms with van der Waals surface area (Å²) in [5, 5.41) is 15.5. The zero-order chi connectivity index (χ0) is 22.0. The van der Waals surface area contributed by atoms with E-state index in [4.69, 9.17) is 16.9 Å². The maximum Gasteiger partial charge on any atom is 0.245 e. The van der Waals surface area contributed by atoms with Crippen LogP contribution in [0.1, 0.15) is 52.9 Å². The van der Waals surface area contributed by atoms with Crippen molar-refractivity contribution in [1.82, 2.24) is 20.9 Å². The second kappa shape index (κ2) is 12.3. The first-order chi connectivity index (χ1) is 13.7. The maximum atomic E-state index is 13.2. The van der Waals surface area contributed by atoms with Gasteiger partial charge in [0.1, 0.15) is 12.1 Å². The minimum absolute atomic E-state index is 0.0139. The summed E-state index contributed by atoms with van der Waals surface area (Å²) in [6.45, 7) is 7.07. The fourth-order valence-electron chi connectivity index (χ4n) is 3.36. The number of carbonyl (C=O) groups is 3. The molecule has 10 heteroatoms. The number of carbonyl (C=O) groups excluding carboxylic acids is 3. The van der Waals surface area contributed by atoms with Crippen LogP contribution in [-0.2, 0) is 14.4 Å². The third-order valence-electron chi connectivity index (χ3n) is 5.35. The monoisotopic (exact) mass is 411 g/mol. The van der Waals surface area contributed by atoms with Crippen LogP contribution in [0.2, 0.25) is 0 Å². The summed E-state index contributed by atoms with van der Waals surface area (Å²) in [5.41, 5.74) is 11.3. The van der Waals surface area contributed by atoms with Gasteiger partial charge in [-0.25, -0.2) is 0 Å². The number of guanidine groups is 1. The molecule has 166 valence electrons. The van der Waals surface area contributed by atoms with E-state index in [1.807, 2.05) is 20.8 Å². The Balaban J connectivity index is 2.87. The number of amides is 3. The van der Waals surface area contributed by atoms with Crippen molar-refractivity contribution in [2.75, 3.05) is 19.6 Å². The highest BCUT2D eigenvalue weighted by Crippen LogP contribution is 2.20. The second-order valence-electron chi connectivity index (χ2n) is 7.54. The lowest BCUT2D eigenvalue weighted by Gasteiger charge is -2.30. The smallest absolute Gasteiger partial charge is 0.245 e. The van der Waals surface area contributed by atoms with Crippen LogP contribution in [0.3, 0.4) is 0 Å². The fraction of sp³-hybridized carbons (Fsp3) is 0.789. The molecule has 3 amide bonds. The molecule has 1 rings (SSSR count). The van der Waals surface area contributed by atoms with Gasteiger partial charge in [0.2, 0.25) is 17.7 Å². The highest BCUT2D eigenvalue weighted by atomic mass is 16.2. The number of nitrogens with one attached hydrogen (secondary N) is 4. The summed E-state index contributed by atoms with van der Waals surface area (Å²) in [5.74, 6) is -0.971. The van der Waals surface area contributed by atoms with Crippen molar-refractivity contribution in [2.24, 2.45) is 17.4 Å². The fourth-order valence-corrected chi connectivity index (χ4v) is 3.36. The number of likely N-dealkylation sites (tertiary alicyclic amines) is 1. The molecular weight excluding hydrogens is 374 g/mol. The van der Waals surface area contributed by atoms with Crippen LogP contribution in [0.25, 0.3) is 0 Å². The highest BCUT2D eigenvalue weighted by molar-refractivity contribution is 5.93. The molecule has 4 atom stereocenters. The van der Waals surface area contributed by atoms with Crippen molar-refractivity contribution in [1.29, 1.82) is 5.41 Å². The van der Waals surface area contributed by atoms with E-state index in [1.54, 1.807) is 4.90 Å². The summed E-state index contributed by atoms with van der Waals surface area (Å²) < 4.78 is 0. The van der Waals surface area contributed by atoms with E-state index in [1.165, 1.54) is 0 Å². The van der Waals surface area contributed by atoms with Crippen LogP contribution >= 0.6 is 0 Å². The molecule has 1 fully saturated rings. The van der Waals surface area contributed by atoms with Gasteiger partial charge in [-0.2, -0.15) is 0 Å². The third kappa shape index (κ3) is 7.52. The molecule has 0 aromatic carbocycles. The average Bonchev–Trinajstić information content (AvgIpc) is 3.18. The summed E-state index contributed by atoms with van der Waals surface area (Å²) in [6.07, 6.45) is 2.98. The predicted octanol–water partition coefficient (Wildman–Crippen LogP) is -0.765. The van der Waals surface area contributed by atoms with Crippen LogP contribution < -0.4 is 27.4 Å². The van der Waals surface area contributed by atoms with Crippen molar-refractivity contribution in [2.45, 2.75) is 71.0 Å². The van der Waals surface area contributed by atoms with Gasteiger partial charge < -0.3 is 32.3 Å². The first-order valence-electron chi connectivity index (χ1n) is 10.4. The molecule has 1 aliphatic rings. The quantitative estimate of drug-likeness (QED) is 0.148. The van der Waals surface area contributed by atoms with Crippen molar-refractivity contribution in [3.05, 3.63) is 0 Å². The molecule has 1 heterocycles. The maximum absolute atomic E-state index is 13.2. The molecule has 29 heavy (non-hydrogen) atoms. The van der Waals surface area contributed by atoms with Gasteiger partial charge in [0.25, 0.3) is 0 Å². The van der Waals surface area contributed by atoms with Crippen LogP contribution in [0, 0.1) is 11.3 Å². The zero-order valence-corrected chi connectivity index (χ0v) is 17.8. The van der Waals surface area contributed by atoms with Gasteiger partial charge in [-0.15, -0.1) is 0 Å². The number of hydrogen-bond donors (Lipinski definition) is 6. The molecule has 0 spiro atoms. The lowest BCUT2D eigenvalue weighted by atomic mass is 9.98. The molecule has 0 radical (unpaired) electrons. The number of nitrogens with two attached hydrogens (primary N) is 2. The van der Waals surface area contributed by atoms with Crippen molar-refractivity contribution < 1.29 is 14.4 Å². The molecule has 10 nitrogen and oxygen atoms in total. The van der Waals surface area contributed by atoms with E-state index in [-0.39, 0.29) is 29.6 Å². The predicted molar refractivity (Wildman–Crippen MR) is 112 cm³/mol. The number of nitrogens with zero attached hydrogens (tertiary/aromatic N) is 1. The van der Waals surface area contributed by atoms with Gasteiger partial charge in [-0.05, 0) is 38.5 Å². The van der Waals surface area contributed by atoms with E-state index >= 15 is 0 Å². The number of rotatable bonds is 11. The van der Waals surface area contributed by atoms with Crippen LogP contribution in [0.4, 0.5) is 0 Å². The minimum atomic E-state index is -0.776. The SMILES string of the molecule is CCNC(=O)[C@@H]1CCCN1C(=O)[C@H](CCCNC(=N)N)NC(=O)[C@@H](N)[C@@H](C)CC. The Kier molecular flexibility index (Phi) is 10.4. The molecule has 0 unspecified atom stereocenters. The Labute approximate surface area is 173 Å². The van der Waals surface area contributed by atoms with Crippen LogP contribution in [-0.4, -0.2) is 66.3 Å². The van der Waals surface area contributed by atoms with E-state index in [0.29, 0.717) is 38.9 Å². The highest BCUT2D eigenvalue weighted by Gasteiger charge is 2.37. The van der Waals surface area contributed by atoms with Gasteiger partial charge in [-0.3, -0.25) is 19.8 Å². The Morgan fingerprint density at radius 3 is 2.52 bits per heavy atom. The average molecular weight is 412 g/mol. The summed E-state index contributed by atoms with van der Waals surface area (Å²) in [7, 11) is 0. The van der Waals surface area contributed by atoms with Crippen molar-refractivity contribution in [3.63, 3.8) is 0 Å². The normalized spacial score (nSPS) is 19.2. The van der Waals surface area contributed by atoms with Gasteiger partial charge in [-0.1, -0.05) is 20.3 Å². The zero-order valence-electron chi connectivity index (χ0n) is 17.8. The second-order valence-corrected chi connectivity index (χ2v) is 7.54. The third-order valence-corrected chi connectivity index (χ3v) is 5.35. The van der Waals surface area contributed by atoms with E-state index in [0.717, 1.165) is 12.8 Å². The van der Waals surface area contributed by atoms with E-state index in [9.17, 15) is 14.4 Å². The van der Waals surface area contributed by atoms with Gasteiger partial charge >= 0.3 is 0 Å². The minimum Gasteiger partial charge on any atom is -0.370 e. The van der Waals surface area contributed by atoms with Gasteiger partial charge in [0, 0.05) is 19.6 Å². The summed E-state index contributed by atoms with van der Waals surface area (Å²) in [6, 6.07) is -2.00. The molecule has 0 bridgehead atoms. The van der Waals surface area contributed by atoms with Gasteiger partial charge in [0.05, 0.1) is 6.04 Å². The van der Waals surface area contributed by atoms with E-state index in [2.05, 4.69) is 16.0 Å². The Morgan fingerprint density at radius 1 is 1.24 bits per heavy atom. The molecule has 8 N–H and O–H groups in total. The topological polar surface area (TPSA) is 166 Å². The van der Waals surface area contributed by atoms with Crippen molar-refractivity contribution >= 4 is 23.7 Å². The van der Waals surface area contributed by atoms with Crippen molar-refractivity contribution in [3.8, 4) is 0 Å². The molecule has 0 aromatic heterocycles. The molecule has 0 aromatic rings. The summed E-state index contributed by atoms with van der Waals surface area (Å²) in [4.78, 5) is 39.6. The molecule has 1 saturated heterocycles. The standard InChI is InChI=1S/C19H37N7O3/c1-4-12(3)15(20)17(28)25-13(8-6-10-24-19(21)22)18(29)26-11-7-9-14(26)16(27)23-5-2/h12-15H,4-11,20H2,1-3H3,(H,23,27)(H,25,28)(H4,21,22,24)/t12-,13-,14-,15-/m0/s1. The van der Waals surface area contributed by atoms with E-state index < -0.39 is 18.1 Å². The van der Waals surface area contributed by atoms with Crippen LogP contribution in [0.5, 0.6) is 0 Å². The Morgan fingerprint density at radius 2 is 1.93 bits per heavy atom. The first-order valence-corrected chi connectivity index (χ1v) is 10.4.